The zero-order chi connectivity index (χ0) is 17.8. The summed E-state index contributed by atoms with van der Waals surface area (Å²) in [5, 5.41) is 67.0. The van der Waals surface area contributed by atoms with Crippen LogP contribution < -0.4 is 5.43 Å². The molecule has 3 aromatic rings. The molecule has 0 bridgehead atoms. The number of aromatic hydroxyl groups is 7. The quantitative estimate of drug-likeness (QED) is 0.256. The highest BCUT2D eigenvalue weighted by Gasteiger charge is 2.24. The van der Waals surface area contributed by atoms with Gasteiger partial charge in [0.15, 0.2) is 17.3 Å². The summed E-state index contributed by atoms with van der Waals surface area (Å²) in [4.78, 5) is 12.2. The molecule has 124 valence electrons. The van der Waals surface area contributed by atoms with E-state index in [0.717, 1.165) is 18.2 Å². The Balaban J connectivity index is 2.45. The summed E-state index contributed by atoms with van der Waals surface area (Å²) in [5.74, 6) is -6.65. The molecule has 24 heavy (non-hydrogen) atoms. The minimum atomic E-state index is -1.09. The summed E-state index contributed by atoms with van der Waals surface area (Å²) in [6, 6.07) is 2.60. The van der Waals surface area contributed by atoms with Crippen molar-refractivity contribution in [2.45, 2.75) is 0 Å². The van der Waals surface area contributed by atoms with Gasteiger partial charge in [0.05, 0.1) is 5.56 Å². The highest BCUT2D eigenvalue weighted by atomic mass is 16.4. The molecule has 7 N–H and O–H groups in total. The Labute approximate surface area is 132 Å². The highest BCUT2D eigenvalue weighted by molar-refractivity contribution is 5.89. The average Bonchev–Trinajstić information content (AvgIpc) is 2.52. The maximum atomic E-state index is 12.2. The van der Waals surface area contributed by atoms with Crippen molar-refractivity contribution >= 4 is 11.0 Å². The fourth-order valence-electron chi connectivity index (χ4n) is 2.27. The van der Waals surface area contributed by atoms with Crippen LogP contribution in [0.5, 0.6) is 40.2 Å². The lowest BCUT2D eigenvalue weighted by atomic mass is 10.1. The Morgan fingerprint density at radius 3 is 2.04 bits per heavy atom. The second-order valence-electron chi connectivity index (χ2n) is 4.94. The summed E-state index contributed by atoms with van der Waals surface area (Å²) in [6.07, 6.45) is 0. The Hall–Kier alpha value is -3.75. The largest absolute Gasteiger partial charge is 0.508 e. The van der Waals surface area contributed by atoms with E-state index in [9.17, 15) is 40.5 Å². The SMILES string of the molecule is O=c1c(O)c(-c2cc(O)c(O)c(O)c2O)oc2cc(O)cc(O)c12. The Morgan fingerprint density at radius 2 is 1.38 bits per heavy atom. The molecule has 0 saturated carbocycles. The lowest BCUT2D eigenvalue weighted by Gasteiger charge is -2.11. The smallest absolute Gasteiger partial charge is 0.238 e. The van der Waals surface area contributed by atoms with Crippen molar-refractivity contribution < 1.29 is 40.2 Å². The van der Waals surface area contributed by atoms with Gasteiger partial charge in [-0.2, -0.15) is 0 Å². The first-order valence-electron chi connectivity index (χ1n) is 6.41. The van der Waals surface area contributed by atoms with Crippen LogP contribution in [-0.4, -0.2) is 35.7 Å². The van der Waals surface area contributed by atoms with Gasteiger partial charge in [-0.05, 0) is 6.07 Å². The van der Waals surface area contributed by atoms with E-state index in [1.165, 1.54) is 0 Å². The first-order chi connectivity index (χ1) is 11.2. The Bertz CT molecular complexity index is 1050. The zero-order valence-electron chi connectivity index (χ0n) is 11.7. The maximum absolute atomic E-state index is 12.2. The first-order valence-corrected chi connectivity index (χ1v) is 6.41. The molecular weight excluding hydrogens is 324 g/mol. The third kappa shape index (κ3) is 1.99. The van der Waals surface area contributed by atoms with E-state index in [-0.39, 0.29) is 5.58 Å². The van der Waals surface area contributed by atoms with Gasteiger partial charge in [0.1, 0.15) is 22.5 Å². The predicted octanol–water partition coefficient (Wildman–Crippen LogP) is 1.40. The number of phenols is 6. The van der Waals surface area contributed by atoms with E-state index in [2.05, 4.69) is 0 Å². The van der Waals surface area contributed by atoms with E-state index in [0.29, 0.717) is 0 Å². The first kappa shape index (κ1) is 15.2. The van der Waals surface area contributed by atoms with E-state index < -0.39 is 62.4 Å². The molecule has 0 aliphatic heterocycles. The van der Waals surface area contributed by atoms with Gasteiger partial charge in [0.25, 0.3) is 0 Å². The minimum Gasteiger partial charge on any atom is -0.508 e. The van der Waals surface area contributed by atoms with Crippen molar-refractivity contribution in [2.24, 2.45) is 0 Å². The Morgan fingerprint density at radius 1 is 0.708 bits per heavy atom. The van der Waals surface area contributed by atoms with E-state index in [1.807, 2.05) is 0 Å². The van der Waals surface area contributed by atoms with E-state index in [4.69, 9.17) is 4.42 Å². The van der Waals surface area contributed by atoms with Gasteiger partial charge < -0.3 is 40.2 Å². The van der Waals surface area contributed by atoms with Crippen LogP contribution in [0.1, 0.15) is 0 Å². The van der Waals surface area contributed by atoms with Crippen LogP contribution >= 0.6 is 0 Å². The average molecular weight is 334 g/mol. The highest BCUT2D eigenvalue weighted by Crippen LogP contribution is 2.49. The maximum Gasteiger partial charge on any atom is 0.238 e. The second kappa shape index (κ2) is 4.88. The van der Waals surface area contributed by atoms with Crippen LogP contribution in [0.25, 0.3) is 22.3 Å². The van der Waals surface area contributed by atoms with Crippen LogP contribution in [0, 0.1) is 0 Å². The number of rotatable bonds is 1. The summed E-state index contributed by atoms with van der Waals surface area (Å²) >= 11 is 0. The topological polar surface area (TPSA) is 172 Å². The number of hydrogen-bond acceptors (Lipinski definition) is 9. The molecule has 0 spiro atoms. The van der Waals surface area contributed by atoms with Crippen LogP contribution in [0.4, 0.5) is 0 Å². The van der Waals surface area contributed by atoms with Crippen molar-refractivity contribution in [3.63, 3.8) is 0 Å². The van der Waals surface area contributed by atoms with Gasteiger partial charge in [-0.25, -0.2) is 0 Å². The van der Waals surface area contributed by atoms with Gasteiger partial charge in [-0.3, -0.25) is 4.79 Å². The molecular formula is C15H10O9. The van der Waals surface area contributed by atoms with E-state index >= 15 is 0 Å². The molecule has 9 nitrogen and oxygen atoms in total. The van der Waals surface area contributed by atoms with Crippen molar-refractivity contribution in [3.05, 3.63) is 28.4 Å². The summed E-state index contributed by atoms with van der Waals surface area (Å²) in [7, 11) is 0. The standard InChI is InChI=1S/C15H10O9/c16-4-1-6(17)9-8(2-4)24-15(14(23)12(9)21)5-3-7(18)11(20)13(22)10(5)19/h1-3,16-20,22-23H. The van der Waals surface area contributed by atoms with Crippen molar-refractivity contribution in [1.82, 2.24) is 0 Å². The summed E-state index contributed by atoms with van der Waals surface area (Å²) in [6.45, 7) is 0. The number of hydrogen-bond donors (Lipinski definition) is 7. The molecule has 0 fully saturated rings. The van der Waals surface area contributed by atoms with Crippen LogP contribution in [0.3, 0.4) is 0 Å². The van der Waals surface area contributed by atoms with Gasteiger partial charge in [-0.1, -0.05) is 0 Å². The lowest BCUT2D eigenvalue weighted by Crippen LogP contribution is -2.03. The van der Waals surface area contributed by atoms with Crippen molar-refractivity contribution in [2.75, 3.05) is 0 Å². The van der Waals surface area contributed by atoms with Gasteiger partial charge >= 0.3 is 0 Å². The predicted molar refractivity (Wildman–Crippen MR) is 79.6 cm³/mol. The molecule has 0 aliphatic rings. The normalized spacial score (nSPS) is 11.0. The lowest BCUT2D eigenvalue weighted by molar-refractivity contribution is 0.346. The Kier molecular flexibility index (Phi) is 3.08. The molecule has 9 heteroatoms. The molecule has 0 saturated heterocycles. The van der Waals surface area contributed by atoms with Crippen LogP contribution in [0.2, 0.25) is 0 Å². The third-order valence-corrected chi connectivity index (χ3v) is 3.41. The number of benzene rings is 2. The summed E-state index contributed by atoms with van der Waals surface area (Å²) in [5.41, 5.74) is -1.89. The molecule has 2 aromatic carbocycles. The molecule has 0 radical (unpaired) electrons. The second-order valence-corrected chi connectivity index (χ2v) is 4.94. The molecule has 0 unspecified atom stereocenters. The zero-order valence-corrected chi connectivity index (χ0v) is 11.7. The molecule has 1 heterocycles. The third-order valence-electron chi connectivity index (χ3n) is 3.41. The number of phenolic OH excluding ortho intramolecular Hbond substituents is 6. The molecule has 0 amide bonds. The fourth-order valence-corrected chi connectivity index (χ4v) is 2.27. The minimum absolute atomic E-state index is 0.322. The molecule has 0 aliphatic carbocycles. The van der Waals surface area contributed by atoms with Gasteiger partial charge in [0.2, 0.25) is 22.7 Å². The van der Waals surface area contributed by atoms with Crippen molar-refractivity contribution in [1.29, 1.82) is 0 Å². The summed E-state index contributed by atoms with van der Waals surface area (Å²) < 4.78 is 5.22. The van der Waals surface area contributed by atoms with Crippen LogP contribution in [-0.2, 0) is 0 Å². The molecule has 1 aromatic heterocycles. The van der Waals surface area contributed by atoms with Crippen molar-refractivity contribution in [3.8, 4) is 51.6 Å². The van der Waals surface area contributed by atoms with Crippen LogP contribution in [0.15, 0.2) is 27.4 Å². The molecule has 3 rings (SSSR count). The molecule has 0 atom stereocenters. The monoisotopic (exact) mass is 334 g/mol. The van der Waals surface area contributed by atoms with Gasteiger partial charge in [0, 0.05) is 12.1 Å². The fraction of sp³-hybridized carbons (Fsp3) is 0. The van der Waals surface area contributed by atoms with Gasteiger partial charge in [-0.15, -0.1) is 0 Å². The van der Waals surface area contributed by atoms with E-state index in [1.54, 1.807) is 0 Å². The number of fused-ring (bicyclic) bond motifs is 1.